The van der Waals surface area contributed by atoms with Crippen LogP contribution >= 0.6 is 0 Å². The standard InChI is InChI=1S/C8H9NO3S/c9-13(11,12)8(10)6-7-4-2-1-3-5-7/h1-5H,6H2,(H2,9,11,12). The largest absolute Gasteiger partial charge is 0.280 e. The summed E-state index contributed by atoms with van der Waals surface area (Å²) in [6.07, 6.45) is -0.167. The van der Waals surface area contributed by atoms with Crippen molar-refractivity contribution in [3.63, 3.8) is 0 Å². The molecule has 1 aromatic rings. The Bertz CT molecular complexity index is 397. The van der Waals surface area contributed by atoms with Crippen molar-refractivity contribution >= 4 is 15.1 Å². The summed E-state index contributed by atoms with van der Waals surface area (Å²) >= 11 is 0. The molecule has 0 saturated carbocycles. The van der Waals surface area contributed by atoms with Gasteiger partial charge in [0.25, 0.3) is 15.1 Å². The van der Waals surface area contributed by atoms with Crippen LogP contribution in [0.25, 0.3) is 0 Å². The van der Waals surface area contributed by atoms with Crippen LogP contribution < -0.4 is 5.14 Å². The number of primary sulfonamides is 1. The van der Waals surface area contributed by atoms with E-state index in [0.717, 1.165) is 0 Å². The fourth-order valence-electron chi connectivity index (χ4n) is 0.863. The second-order valence-corrected chi connectivity index (χ2v) is 4.12. The molecule has 0 heterocycles. The summed E-state index contributed by atoms with van der Waals surface area (Å²) in [4.78, 5) is 10.9. The van der Waals surface area contributed by atoms with E-state index in [9.17, 15) is 13.2 Å². The lowest BCUT2D eigenvalue weighted by atomic mass is 10.2. The highest BCUT2D eigenvalue weighted by molar-refractivity contribution is 8.04. The Kier molecular flexibility index (Phi) is 2.79. The number of carbonyl (C=O) groups excluding carboxylic acids is 1. The van der Waals surface area contributed by atoms with E-state index < -0.39 is 15.1 Å². The first-order valence-corrected chi connectivity index (χ1v) is 5.14. The van der Waals surface area contributed by atoms with Crippen LogP contribution in [0.5, 0.6) is 0 Å². The third-order valence-electron chi connectivity index (χ3n) is 1.51. The van der Waals surface area contributed by atoms with Crippen molar-refractivity contribution in [2.45, 2.75) is 6.42 Å². The average Bonchev–Trinajstić information content (AvgIpc) is 2.04. The van der Waals surface area contributed by atoms with Crippen LogP contribution in [-0.4, -0.2) is 13.5 Å². The van der Waals surface area contributed by atoms with Crippen LogP contribution in [0.4, 0.5) is 0 Å². The Morgan fingerprint density at radius 1 is 1.23 bits per heavy atom. The van der Waals surface area contributed by atoms with E-state index in [1.807, 2.05) is 0 Å². The van der Waals surface area contributed by atoms with Crippen LogP contribution in [0.2, 0.25) is 0 Å². The maximum absolute atomic E-state index is 10.9. The third kappa shape index (κ3) is 2.96. The Labute approximate surface area is 76.4 Å². The van der Waals surface area contributed by atoms with Gasteiger partial charge in [-0.2, -0.15) is 0 Å². The molecule has 0 saturated heterocycles. The van der Waals surface area contributed by atoms with Crippen molar-refractivity contribution in [3.05, 3.63) is 35.9 Å². The summed E-state index contributed by atoms with van der Waals surface area (Å²) in [6.45, 7) is 0. The summed E-state index contributed by atoms with van der Waals surface area (Å²) < 4.78 is 21.1. The molecule has 1 rings (SSSR count). The number of benzene rings is 1. The number of sulfonamides is 1. The molecule has 0 spiro atoms. The van der Waals surface area contributed by atoms with Crippen LogP contribution in [0.15, 0.2) is 30.3 Å². The highest BCUT2D eigenvalue weighted by atomic mass is 32.2. The van der Waals surface area contributed by atoms with Gasteiger partial charge in [0.15, 0.2) is 0 Å². The predicted octanol–water partition coefficient (Wildman–Crippen LogP) is 0.0442. The molecule has 0 fully saturated rings. The van der Waals surface area contributed by atoms with E-state index in [4.69, 9.17) is 0 Å². The zero-order valence-corrected chi connectivity index (χ0v) is 7.62. The summed E-state index contributed by atoms with van der Waals surface area (Å²) in [7, 11) is -4.04. The minimum atomic E-state index is -4.04. The molecule has 0 aliphatic heterocycles. The zero-order chi connectivity index (χ0) is 9.90. The topological polar surface area (TPSA) is 77.2 Å². The van der Waals surface area contributed by atoms with Crippen molar-refractivity contribution in [3.8, 4) is 0 Å². The highest BCUT2D eigenvalue weighted by Gasteiger charge is 2.15. The van der Waals surface area contributed by atoms with Gasteiger partial charge in [0.05, 0.1) is 0 Å². The number of carbonyl (C=O) groups is 1. The molecule has 0 aromatic heterocycles. The minimum absolute atomic E-state index is 0.167. The first-order chi connectivity index (χ1) is 6.00. The van der Waals surface area contributed by atoms with Gasteiger partial charge in [-0.3, -0.25) is 4.79 Å². The van der Waals surface area contributed by atoms with Gasteiger partial charge in [0.2, 0.25) is 0 Å². The molecule has 0 aliphatic rings. The lowest BCUT2D eigenvalue weighted by Crippen LogP contribution is -2.24. The van der Waals surface area contributed by atoms with Crippen molar-refractivity contribution < 1.29 is 13.2 Å². The molecule has 4 nitrogen and oxygen atoms in total. The molecule has 0 amide bonds. The molecular formula is C8H9NO3S. The number of hydrogen-bond acceptors (Lipinski definition) is 3. The van der Waals surface area contributed by atoms with Crippen molar-refractivity contribution in [1.82, 2.24) is 0 Å². The van der Waals surface area contributed by atoms with E-state index in [2.05, 4.69) is 5.14 Å². The first-order valence-electron chi connectivity index (χ1n) is 3.60. The van der Waals surface area contributed by atoms with E-state index in [1.54, 1.807) is 30.3 Å². The molecule has 1 aromatic carbocycles. The van der Waals surface area contributed by atoms with Gasteiger partial charge in [0, 0.05) is 6.42 Å². The van der Waals surface area contributed by atoms with Crippen LogP contribution in [0.1, 0.15) is 5.56 Å². The monoisotopic (exact) mass is 199 g/mol. The molecule has 5 heteroatoms. The van der Waals surface area contributed by atoms with Gasteiger partial charge in [0.1, 0.15) is 0 Å². The van der Waals surface area contributed by atoms with E-state index >= 15 is 0 Å². The van der Waals surface area contributed by atoms with Gasteiger partial charge in [-0.25, -0.2) is 13.6 Å². The first kappa shape index (κ1) is 9.88. The molecule has 0 bridgehead atoms. The molecule has 0 radical (unpaired) electrons. The maximum Gasteiger partial charge on any atom is 0.272 e. The Morgan fingerprint density at radius 3 is 2.23 bits per heavy atom. The lowest BCUT2D eigenvalue weighted by Gasteiger charge is -1.97. The van der Waals surface area contributed by atoms with Crippen LogP contribution in [0.3, 0.4) is 0 Å². The lowest BCUT2D eigenvalue weighted by molar-refractivity contribution is -0.111. The second-order valence-electron chi connectivity index (χ2n) is 2.58. The van der Waals surface area contributed by atoms with Gasteiger partial charge in [-0.05, 0) is 5.56 Å². The summed E-state index contributed by atoms with van der Waals surface area (Å²) in [5.74, 6) is 0. The van der Waals surface area contributed by atoms with E-state index in [-0.39, 0.29) is 6.42 Å². The maximum atomic E-state index is 10.9. The average molecular weight is 199 g/mol. The predicted molar refractivity (Wildman–Crippen MR) is 48.3 cm³/mol. The van der Waals surface area contributed by atoms with Crippen molar-refractivity contribution in [2.75, 3.05) is 0 Å². The molecule has 0 aliphatic carbocycles. The Hall–Kier alpha value is -1.20. The van der Waals surface area contributed by atoms with E-state index in [0.29, 0.717) is 5.56 Å². The quantitative estimate of drug-likeness (QED) is 0.730. The molecule has 70 valence electrons. The van der Waals surface area contributed by atoms with Crippen LogP contribution in [0, 0.1) is 0 Å². The molecular weight excluding hydrogens is 190 g/mol. The summed E-state index contributed by atoms with van der Waals surface area (Å²) in [6, 6.07) is 8.58. The third-order valence-corrected chi connectivity index (χ3v) is 2.29. The van der Waals surface area contributed by atoms with Crippen molar-refractivity contribution in [1.29, 1.82) is 0 Å². The van der Waals surface area contributed by atoms with Gasteiger partial charge >= 0.3 is 0 Å². The van der Waals surface area contributed by atoms with E-state index in [1.165, 1.54) is 0 Å². The highest BCUT2D eigenvalue weighted by Crippen LogP contribution is 2.01. The van der Waals surface area contributed by atoms with Crippen molar-refractivity contribution in [2.24, 2.45) is 5.14 Å². The molecule has 2 N–H and O–H groups in total. The normalized spacial score (nSPS) is 11.2. The fraction of sp³-hybridized carbons (Fsp3) is 0.125. The number of nitrogens with two attached hydrogens (primary N) is 1. The Balaban J connectivity index is 2.78. The van der Waals surface area contributed by atoms with Gasteiger partial charge in [-0.15, -0.1) is 0 Å². The molecule has 0 atom stereocenters. The number of hydrogen-bond donors (Lipinski definition) is 1. The minimum Gasteiger partial charge on any atom is -0.280 e. The second kappa shape index (κ2) is 3.68. The summed E-state index contributed by atoms with van der Waals surface area (Å²) in [5.41, 5.74) is 0.640. The summed E-state index contributed by atoms with van der Waals surface area (Å²) in [5, 5.41) is 3.69. The molecule has 0 unspecified atom stereocenters. The number of rotatable bonds is 2. The molecule has 13 heavy (non-hydrogen) atoms. The van der Waals surface area contributed by atoms with Gasteiger partial charge in [-0.1, -0.05) is 30.3 Å². The fourth-order valence-corrected chi connectivity index (χ4v) is 1.23. The van der Waals surface area contributed by atoms with Crippen LogP contribution in [-0.2, 0) is 21.2 Å². The van der Waals surface area contributed by atoms with Gasteiger partial charge < -0.3 is 0 Å². The SMILES string of the molecule is NS(=O)(=O)C(=O)Cc1ccccc1. The zero-order valence-electron chi connectivity index (χ0n) is 6.80. The Morgan fingerprint density at radius 2 is 1.77 bits per heavy atom. The smallest absolute Gasteiger partial charge is 0.272 e.